The molecule has 0 unspecified atom stereocenters. The zero-order chi connectivity index (χ0) is 6.97. The van der Waals surface area contributed by atoms with E-state index in [0.29, 0.717) is 0 Å². The number of hydrogen-bond donors (Lipinski definition) is 0. The highest BCUT2D eigenvalue weighted by Gasteiger charge is 1.95. The number of aryl methyl sites for hydroxylation is 1. The van der Waals surface area contributed by atoms with Crippen LogP contribution in [0.25, 0.3) is 5.52 Å². The molecule has 0 spiro atoms. The van der Waals surface area contributed by atoms with Crippen LogP contribution in [0.3, 0.4) is 0 Å². The Morgan fingerprint density at radius 2 is 2.30 bits per heavy atom. The van der Waals surface area contributed by atoms with E-state index in [1.807, 2.05) is 13.0 Å². The van der Waals surface area contributed by atoms with Gasteiger partial charge in [-0.15, -0.1) is 9.73 Å². The summed E-state index contributed by atoms with van der Waals surface area (Å²) in [5.74, 6) is 0. The second kappa shape index (κ2) is 1.76. The van der Waals surface area contributed by atoms with Crippen molar-refractivity contribution >= 4 is 5.52 Å². The Kier molecular flexibility index (Phi) is 0.943. The first-order chi connectivity index (χ1) is 4.88. The summed E-state index contributed by atoms with van der Waals surface area (Å²) >= 11 is 0. The molecule has 0 aliphatic heterocycles. The molecule has 0 aliphatic rings. The third kappa shape index (κ3) is 0.586. The highest BCUT2D eigenvalue weighted by atomic mass is 15.4. The Hall–Kier alpha value is -1.45. The molecule has 0 atom stereocenters. The second-order valence-electron chi connectivity index (χ2n) is 2.05. The molecule has 2 heterocycles. The van der Waals surface area contributed by atoms with Crippen LogP contribution in [-0.2, 0) is 0 Å². The molecule has 0 radical (unpaired) electrons. The van der Waals surface area contributed by atoms with Crippen molar-refractivity contribution in [2.75, 3.05) is 0 Å². The second-order valence-corrected chi connectivity index (χ2v) is 2.05. The monoisotopic (exact) mass is 134 g/mol. The molecular weight excluding hydrogens is 128 g/mol. The van der Waals surface area contributed by atoms with Gasteiger partial charge in [0.2, 0.25) is 0 Å². The summed E-state index contributed by atoms with van der Waals surface area (Å²) in [6.45, 7) is 1.93. The first-order valence-electron chi connectivity index (χ1n) is 2.99. The number of nitrogens with zero attached hydrogens (tertiary/aromatic N) is 4. The van der Waals surface area contributed by atoms with Gasteiger partial charge in [-0.25, -0.2) is 4.98 Å². The molecule has 2 aromatic rings. The summed E-state index contributed by atoms with van der Waals surface area (Å²) < 4.78 is 1.56. The molecule has 2 rings (SSSR count). The van der Waals surface area contributed by atoms with Gasteiger partial charge in [0.15, 0.2) is 0 Å². The van der Waals surface area contributed by atoms with Crippen LogP contribution >= 0.6 is 0 Å². The van der Waals surface area contributed by atoms with Gasteiger partial charge in [-0.1, -0.05) is 0 Å². The zero-order valence-corrected chi connectivity index (χ0v) is 5.52. The topological polar surface area (TPSA) is 43.1 Å². The fraction of sp³-hybridized carbons (Fsp3) is 0.167. The first-order valence-corrected chi connectivity index (χ1v) is 2.99. The lowest BCUT2D eigenvalue weighted by molar-refractivity contribution is 0.773. The molecule has 0 saturated heterocycles. The van der Waals surface area contributed by atoms with Crippen molar-refractivity contribution in [3.8, 4) is 0 Å². The highest BCUT2D eigenvalue weighted by molar-refractivity contribution is 5.47. The van der Waals surface area contributed by atoms with Gasteiger partial charge in [-0.05, 0) is 13.0 Å². The van der Waals surface area contributed by atoms with E-state index in [1.54, 1.807) is 10.8 Å². The van der Waals surface area contributed by atoms with Crippen LogP contribution in [0, 0.1) is 6.92 Å². The lowest BCUT2D eigenvalue weighted by Gasteiger charge is -1.91. The average Bonchev–Trinajstić information content (AvgIpc) is 2.36. The Morgan fingerprint density at radius 3 is 3.10 bits per heavy atom. The number of hydrogen-bond acceptors (Lipinski definition) is 3. The van der Waals surface area contributed by atoms with E-state index in [2.05, 4.69) is 15.2 Å². The van der Waals surface area contributed by atoms with E-state index in [4.69, 9.17) is 0 Å². The van der Waals surface area contributed by atoms with E-state index in [1.165, 1.54) is 6.33 Å². The summed E-state index contributed by atoms with van der Waals surface area (Å²) in [7, 11) is 0. The summed E-state index contributed by atoms with van der Waals surface area (Å²) in [5.41, 5.74) is 1.91. The molecule has 10 heavy (non-hydrogen) atoms. The fourth-order valence-corrected chi connectivity index (χ4v) is 0.881. The molecule has 2 aromatic heterocycles. The van der Waals surface area contributed by atoms with Gasteiger partial charge < -0.3 is 0 Å². The SMILES string of the molecule is Cc1ncnn2nccc12. The maximum Gasteiger partial charge on any atom is 0.138 e. The molecular formula is C6H6N4. The van der Waals surface area contributed by atoms with Gasteiger partial charge in [-0.3, -0.25) is 0 Å². The number of fused-ring (bicyclic) bond motifs is 1. The van der Waals surface area contributed by atoms with Crippen molar-refractivity contribution in [1.82, 2.24) is 19.8 Å². The molecule has 0 bridgehead atoms. The quantitative estimate of drug-likeness (QED) is 0.524. The van der Waals surface area contributed by atoms with E-state index >= 15 is 0 Å². The minimum Gasteiger partial charge on any atom is -0.237 e. The molecule has 0 saturated carbocycles. The van der Waals surface area contributed by atoms with Crippen molar-refractivity contribution < 1.29 is 0 Å². The molecule has 0 amide bonds. The van der Waals surface area contributed by atoms with Crippen LogP contribution in [0.1, 0.15) is 5.69 Å². The van der Waals surface area contributed by atoms with Gasteiger partial charge in [-0.2, -0.15) is 5.10 Å². The van der Waals surface area contributed by atoms with Crippen molar-refractivity contribution in [3.05, 3.63) is 24.3 Å². The lowest BCUT2D eigenvalue weighted by Crippen LogP contribution is -1.95. The van der Waals surface area contributed by atoms with Gasteiger partial charge in [0, 0.05) is 0 Å². The highest BCUT2D eigenvalue weighted by Crippen LogP contribution is 2.01. The molecule has 4 nitrogen and oxygen atoms in total. The molecule has 0 aliphatic carbocycles. The summed E-state index contributed by atoms with van der Waals surface area (Å²) in [6, 6.07) is 1.88. The van der Waals surface area contributed by atoms with Gasteiger partial charge >= 0.3 is 0 Å². The smallest absolute Gasteiger partial charge is 0.138 e. The summed E-state index contributed by atoms with van der Waals surface area (Å²) in [6.07, 6.45) is 3.20. The van der Waals surface area contributed by atoms with E-state index in [9.17, 15) is 0 Å². The van der Waals surface area contributed by atoms with Crippen LogP contribution in [0.2, 0.25) is 0 Å². The minimum absolute atomic E-state index is 0.951. The van der Waals surface area contributed by atoms with Crippen molar-refractivity contribution in [1.29, 1.82) is 0 Å². The van der Waals surface area contributed by atoms with Crippen LogP contribution in [0.5, 0.6) is 0 Å². The maximum atomic E-state index is 4.01. The van der Waals surface area contributed by atoms with Crippen LogP contribution < -0.4 is 0 Å². The Morgan fingerprint density at radius 1 is 1.40 bits per heavy atom. The average molecular weight is 134 g/mol. The summed E-state index contributed by atoms with van der Waals surface area (Å²) in [4.78, 5) is 4.01. The summed E-state index contributed by atoms with van der Waals surface area (Å²) in [5, 5.41) is 7.84. The van der Waals surface area contributed by atoms with E-state index < -0.39 is 0 Å². The Labute approximate surface area is 57.5 Å². The molecule has 0 fully saturated rings. The van der Waals surface area contributed by atoms with Crippen LogP contribution in [-0.4, -0.2) is 19.8 Å². The Bertz CT molecular complexity index is 351. The van der Waals surface area contributed by atoms with E-state index in [-0.39, 0.29) is 0 Å². The molecule has 4 heteroatoms. The van der Waals surface area contributed by atoms with Crippen LogP contribution in [0.15, 0.2) is 18.6 Å². The lowest BCUT2D eigenvalue weighted by atomic mass is 10.4. The number of aromatic nitrogens is 4. The predicted octanol–water partition coefficient (Wildman–Crippen LogP) is 0.433. The maximum absolute atomic E-state index is 4.01. The largest absolute Gasteiger partial charge is 0.237 e. The van der Waals surface area contributed by atoms with Crippen molar-refractivity contribution in [2.45, 2.75) is 6.92 Å². The normalized spacial score (nSPS) is 10.5. The minimum atomic E-state index is 0.951. The van der Waals surface area contributed by atoms with E-state index in [0.717, 1.165) is 11.2 Å². The molecule has 50 valence electrons. The fourth-order valence-electron chi connectivity index (χ4n) is 0.881. The van der Waals surface area contributed by atoms with Crippen LogP contribution in [0.4, 0.5) is 0 Å². The third-order valence-electron chi connectivity index (χ3n) is 1.41. The van der Waals surface area contributed by atoms with Gasteiger partial charge in [0.25, 0.3) is 0 Å². The predicted molar refractivity (Wildman–Crippen MR) is 35.5 cm³/mol. The molecule has 0 N–H and O–H groups in total. The number of rotatable bonds is 0. The van der Waals surface area contributed by atoms with Gasteiger partial charge in [0.1, 0.15) is 11.8 Å². The van der Waals surface area contributed by atoms with Gasteiger partial charge in [0.05, 0.1) is 11.9 Å². The van der Waals surface area contributed by atoms with Crippen molar-refractivity contribution in [3.63, 3.8) is 0 Å². The van der Waals surface area contributed by atoms with Crippen molar-refractivity contribution in [2.24, 2.45) is 0 Å². The standard InChI is InChI=1S/C6H6N4/c1-5-6-2-3-8-10(6)9-4-7-5/h2-4H,1H3. The Balaban J connectivity index is 2.95. The zero-order valence-electron chi connectivity index (χ0n) is 5.52. The molecule has 0 aromatic carbocycles. The third-order valence-corrected chi connectivity index (χ3v) is 1.41. The first kappa shape index (κ1) is 5.34.